The molecule has 0 bridgehead atoms. The second-order valence-electron chi connectivity index (χ2n) is 6.62. The third-order valence-electron chi connectivity index (χ3n) is 4.39. The number of pyridine rings is 1. The fourth-order valence-corrected chi connectivity index (χ4v) is 2.89. The van der Waals surface area contributed by atoms with Crippen LogP contribution in [0.1, 0.15) is 28.4 Å². The van der Waals surface area contributed by atoms with Crippen LogP contribution in [-0.2, 0) is 22.6 Å². The predicted octanol–water partition coefficient (Wildman–Crippen LogP) is 3.56. The van der Waals surface area contributed by atoms with Crippen LogP contribution >= 0.6 is 0 Å². The van der Waals surface area contributed by atoms with E-state index in [1.54, 1.807) is 19.1 Å². The molecule has 6 heteroatoms. The number of carbonyl (C=O) groups is 2. The van der Waals surface area contributed by atoms with Crippen molar-refractivity contribution >= 4 is 11.9 Å². The van der Waals surface area contributed by atoms with Gasteiger partial charge in [-0.25, -0.2) is 9.78 Å². The van der Waals surface area contributed by atoms with E-state index in [0.717, 1.165) is 11.1 Å². The zero-order chi connectivity index (χ0) is 21.2. The number of nitrogens with one attached hydrogen (secondary N) is 1. The Morgan fingerprint density at radius 1 is 0.967 bits per heavy atom. The molecule has 2 aromatic carbocycles. The highest BCUT2D eigenvalue weighted by atomic mass is 16.5. The van der Waals surface area contributed by atoms with Gasteiger partial charge in [0.15, 0.2) is 0 Å². The van der Waals surface area contributed by atoms with Crippen molar-refractivity contribution in [2.75, 3.05) is 6.61 Å². The molecule has 1 unspecified atom stereocenters. The number of ether oxygens (including phenoxy) is 2. The van der Waals surface area contributed by atoms with Crippen LogP contribution in [0.2, 0.25) is 0 Å². The number of aromatic nitrogens is 1. The number of hydrogen-bond acceptors (Lipinski definition) is 5. The van der Waals surface area contributed by atoms with E-state index in [1.807, 2.05) is 60.7 Å². The summed E-state index contributed by atoms with van der Waals surface area (Å²) >= 11 is 0. The molecule has 0 saturated carbocycles. The fraction of sp³-hybridized carbons (Fsp3) is 0.208. The Kier molecular flexibility index (Phi) is 7.55. The van der Waals surface area contributed by atoms with Crippen LogP contribution in [0.15, 0.2) is 79.0 Å². The number of hydrogen-bond donors (Lipinski definition) is 1. The van der Waals surface area contributed by atoms with E-state index in [9.17, 15) is 9.59 Å². The normalized spacial score (nSPS) is 11.4. The van der Waals surface area contributed by atoms with E-state index in [0.29, 0.717) is 24.5 Å². The first-order chi connectivity index (χ1) is 14.7. The molecular formula is C24H24N2O4. The Labute approximate surface area is 175 Å². The Balaban J connectivity index is 1.67. The second kappa shape index (κ2) is 10.8. The number of esters is 1. The van der Waals surface area contributed by atoms with E-state index in [-0.39, 0.29) is 6.61 Å². The molecule has 3 rings (SSSR count). The summed E-state index contributed by atoms with van der Waals surface area (Å²) in [7, 11) is 0. The zero-order valence-electron chi connectivity index (χ0n) is 16.8. The van der Waals surface area contributed by atoms with E-state index < -0.39 is 17.9 Å². The lowest BCUT2D eigenvalue weighted by molar-refractivity contribution is -0.145. The first-order valence-corrected chi connectivity index (χ1v) is 9.80. The first kappa shape index (κ1) is 21.0. The van der Waals surface area contributed by atoms with Crippen molar-refractivity contribution in [1.29, 1.82) is 0 Å². The molecule has 0 aliphatic carbocycles. The predicted molar refractivity (Wildman–Crippen MR) is 113 cm³/mol. The summed E-state index contributed by atoms with van der Waals surface area (Å²) < 4.78 is 10.8. The van der Waals surface area contributed by atoms with Crippen LogP contribution < -0.4 is 10.1 Å². The summed E-state index contributed by atoms with van der Waals surface area (Å²) in [5.74, 6) is -0.525. The van der Waals surface area contributed by atoms with Gasteiger partial charge in [-0.05, 0) is 24.1 Å². The van der Waals surface area contributed by atoms with Gasteiger partial charge in [-0.1, -0.05) is 60.7 Å². The quantitative estimate of drug-likeness (QED) is 0.552. The summed E-state index contributed by atoms with van der Waals surface area (Å²) in [5, 5.41) is 2.77. The molecule has 154 valence electrons. The van der Waals surface area contributed by atoms with Crippen LogP contribution in [0.4, 0.5) is 0 Å². The largest absolute Gasteiger partial charge is 0.473 e. The SMILES string of the molecule is CCOC(=O)C(Cc1ccccc1)NC(=O)c1ccnc(OCc2ccccc2)c1. The van der Waals surface area contributed by atoms with Crippen LogP contribution in [0, 0.1) is 0 Å². The third-order valence-corrected chi connectivity index (χ3v) is 4.39. The maximum Gasteiger partial charge on any atom is 0.328 e. The monoisotopic (exact) mass is 404 g/mol. The van der Waals surface area contributed by atoms with E-state index in [4.69, 9.17) is 9.47 Å². The van der Waals surface area contributed by atoms with Gasteiger partial charge >= 0.3 is 5.97 Å². The average molecular weight is 404 g/mol. The molecule has 0 fully saturated rings. The molecule has 0 saturated heterocycles. The number of nitrogens with zero attached hydrogens (tertiary/aromatic N) is 1. The van der Waals surface area contributed by atoms with Crippen molar-refractivity contribution in [1.82, 2.24) is 10.3 Å². The van der Waals surface area contributed by atoms with Gasteiger partial charge in [0.05, 0.1) is 6.61 Å². The van der Waals surface area contributed by atoms with Gasteiger partial charge in [0.1, 0.15) is 12.6 Å². The van der Waals surface area contributed by atoms with Gasteiger partial charge in [0, 0.05) is 24.2 Å². The van der Waals surface area contributed by atoms with E-state index in [1.165, 1.54) is 6.20 Å². The number of benzene rings is 2. The maximum absolute atomic E-state index is 12.8. The van der Waals surface area contributed by atoms with Gasteiger partial charge in [-0.3, -0.25) is 4.79 Å². The molecule has 6 nitrogen and oxygen atoms in total. The van der Waals surface area contributed by atoms with Crippen molar-refractivity contribution in [3.8, 4) is 5.88 Å². The van der Waals surface area contributed by atoms with Gasteiger partial charge in [-0.15, -0.1) is 0 Å². The standard InChI is InChI=1S/C24H24N2O4/c1-2-29-24(28)21(15-18-9-5-3-6-10-18)26-23(27)20-13-14-25-22(16-20)30-17-19-11-7-4-8-12-19/h3-14,16,21H,2,15,17H2,1H3,(H,26,27). The topological polar surface area (TPSA) is 77.5 Å². The second-order valence-corrected chi connectivity index (χ2v) is 6.62. The first-order valence-electron chi connectivity index (χ1n) is 9.80. The summed E-state index contributed by atoms with van der Waals surface area (Å²) in [5.41, 5.74) is 2.28. The molecule has 1 heterocycles. The smallest absolute Gasteiger partial charge is 0.328 e. The minimum atomic E-state index is -0.790. The number of amides is 1. The van der Waals surface area contributed by atoms with Gasteiger partial charge in [-0.2, -0.15) is 0 Å². The molecule has 1 amide bonds. The lowest BCUT2D eigenvalue weighted by Gasteiger charge is -2.17. The highest BCUT2D eigenvalue weighted by Crippen LogP contribution is 2.13. The maximum atomic E-state index is 12.8. The summed E-state index contributed by atoms with van der Waals surface area (Å²) in [4.78, 5) is 29.3. The minimum absolute atomic E-state index is 0.243. The molecule has 0 aliphatic heterocycles. The fourth-order valence-electron chi connectivity index (χ4n) is 2.89. The molecule has 0 aliphatic rings. The molecule has 3 aromatic rings. The lowest BCUT2D eigenvalue weighted by atomic mass is 10.1. The molecule has 1 N–H and O–H groups in total. The molecule has 1 atom stereocenters. The van der Waals surface area contributed by atoms with Gasteiger partial charge in [0.25, 0.3) is 5.91 Å². The van der Waals surface area contributed by atoms with Crippen molar-refractivity contribution < 1.29 is 19.1 Å². The van der Waals surface area contributed by atoms with Crippen molar-refractivity contribution in [2.45, 2.75) is 26.0 Å². The van der Waals surface area contributed by atoms with E-state index >= 15 is 0 Å². The Hall–Kier alpha value is -3.67. The zero-order valence-corrected chi connectivity index (χ0v) is 16.8. The Morgan fingerprint density at radius 3 is 2.30 bits per heavy atom. The highest BCUT2D eigenvalue weighted by Gasteiger charge is 2.23. The van der Waals surface area contributed by atoms with Crippen LogP contribution in [0.25, 0.3) is 0 Å². The average Bonchev–Trinajstić information content (AvgIpc) is 2.79. The van der Waals surface area contributed by atoms with E-state index in [2.05, 4.69) is 10.3 Å². The van der Waals surface area contributed by atoms with Crippen LogP contribution in [0.3, 0.4) is 0 Å². The number of rotatable bonds is 9. The van der Waals surface area contributed by atoms with Crippen molar-refractivity contribution in [3.05, 3.63) is 95.7 Å². The molecular weight excluding hydrogens is 380 g/mol. The Bertz CT molecular complexity index is 961. The third kappa shape index (κ3) is 6.17. The molecule has 0 radical (unpaired) electrons. The Morgan fingerprint density at radius 2 is 1.63 bits per heavy atom. The molecule has 1 aromatic heterocycles. The lowest BCUT2D eigenvalue weighted by Crippen LogP contribution is -2.43. The van der Waals surface area contributed by atoms with Gasteiger partial charge in [0.2, 0.25) is 5.88 Å². The number of carbonyl (C=O) groups excluding carboxylic acids is 2. The summed E-state index contributed by atoms with van der Waals surface area (Å²) in [6.07, 6.45) is 1.85. The minimum Gasteiger partial charge on any atom is -0.473 e. The van der Waals surface area contributed by atoms with Gasteiger partial charge < -0.3 is 14.8 Å². The van der Waals surface area contributed by atoms with Crippen molar-refractivity contribution in [2.24, 2.45) is 0 Å². The van der Waals surface area contributed by atoms with Crippen LogP contribution in [0.5, 0.6) is 5.88 Å². The van der Waals surface area contributed by atoms with Crippen molar-refractivity contribution in [3.63, 3.8) is 0 Å². The van der Waals surface area contributed by atoms with Crippen LogP contribution in [-0.4, -0.2) is 29.5 Å². The summed E-state index contributed by atoms with van der Waals surface area (Å²) in [6.45, 7) is 2.32. The highest BCUT2D eigenvalue weighted by molar-refractivity contribution is 5.97. The molecule has 0 spiro atoms. The summed E-state index contributed by atoms with van der Waals surface area (Å²) in [6, 6.07) is 21.5. The molecule has 30 heavy (non-hydrogen) atoms.